The van der Waals surface area contributed by atoms with Crippen LogP contribution in [0.1, 0.15) is 42.2 Å². The topological polar surface area (TPSA) is 106 Å². The molecule has 0 atom stereocenters. The largest absolute Gasteiger partial charge is 0.364 e. The zero-order valence-corrected chi connectivity index (χ0v) is 18.8. The number of piperidine rings is 1. The van der Waals surface area contributed by atoms with Gasteiger partial charge in [0.05, 0.1) is 0 Å². The minimum atomic E-state index is -3.75. The highest BCUT2D eigenvalue weighted by atomic mass is 32.2. The fourth-order valence-corrected chi connectivity index (χ4v) is 5.55. The van der Waals surface area contributed by atoms with Crippen molar-refractivity contribution in [3.8, 4) is 0 Å². The zero-order chi connectivity index (χ0) is 22.6. The van der Waals surface area contributed by atoms with Gasteiger partial charge in [0, 0.05) is 45.3 Å². The lowest BCUT2D eigenvalue weighted by molar-refractivity contribution is -0.137. The molecule has 8 nitrogen and oxygen atoms in total. The predicted octanol–water partition coefficient (Wildman–Crippen LogP) is 1.96. The van der Waals surface area contributed by atoms with E-state index in [4.69, 9.17) is 5.73 Å². The highest BCUT2D eigenvalue weighted by Crippen LogP contribution is 2.26. The van der Waals surface area contributed by atoms with E-state index in [0.717, 1.165) is 12.0 Å². The van der Waals surface area contributed by atoms with Gasteiger partial charge < -0.3 is 15.2 Å². The Kier molecular flexibility index (Phi) is 7.17. The van der Waals surface area contributed by atoms with Crippen LogP contribution in [-0.4, -0.2) is 53.6 Å². The van der Waals surface area contributed by atoms with Gasteiger partial charge in [-0.15, -0.1) is 0 Å². The number of carbonyl (C=O) groups excluding carboxylic acids is 2. The maximum atomic E-state index is 13.1. The number of carbonyl (C=O) groups is 2. The van der Waals surface area contributed by atoms with Crippen molar-refractivity contribution >= 4 is 21.8 Å². The number of aryl methyl sites for hydroxylation is 1. The van der Waals surface area contributed by atoms with Gasteiger partial charge in [0.25, 0.3) is 5.91 Å². The molecule has 1 aromatic carbocycles. The number of hydrogen-bond acceptors (Lipinski definition) is 4. The Labute approximate surface area is 183 Å². The Morgan fingerprint density at radius 3 is 2.35 bits per heavy atom. The van der Waals surface area contributed by atoms with Crippen LogP contribution in [0.5, 0.6) is 0 Å². The molecule has 1 fully saturated rings. The Morgan fingerprint density at radius 1 is 1.16 bits per heavy atom. The van der Waals surface area contributed by atoms with Gasteiger partial charge in [-0.2, -0.15) is 4.31 Å². The van der Waals surface area contributed by atoms with Crippen molar-refractivity contribution in [2.24, 2.45) is 18.7 Å². The molecule has 2 N–H and O–H groups in total. The van der Waals surface area contributed by atoms with E-state index in [9.17, 15) is 18.0 Å². The van der Waals surface area contributed by atoms with Crippen LogP contribution < -0.4 is 5.73 Å². The predicted molar refractivity (Wildman–Crippen MR) is 118 cm³/mol. The average molecular weight is 447 g/mol. The van der Waals surface area contributed by atoms with Crippen LogP contribution in [0.2, 0.25) is 0 Å². The molecule has 2 heterocycles. The van der Waals surface area contributed by atoms with Crippen molar-refractivity contribution in [3.05, 3.63) is 53.9 Å². The molecule has 0 radical (unpaired) electrons. The lowest BCUT2D eigenvalue weighted by Gasteiger charge is -2.33. The summed E-state index contributed by atoms with van der Waals surface area (Å²) in [4.78, 5) is 26.5. The Hall–Kier alpha value is -2.65. The van der Waals surface area contributed by atoms with Crippen molar-refractivity contribution in [1.29, 1.82) is 0 Å². The van der Waals surface area contributed by atoms with E-state index < -0.39 is 15.9 Å². The first kappa shape index (κ1) is 23.0. The molecule has 1 saturated heterocycles. The van der Waals surface area contributed by atoms with Crippen LogP contribution in [0.15, 0.2) is 47.5 Å². The van der Waals surface area contributed by atoms with Crippen LogP contribution >= 0.6 is 0 Å². The monoisotopic (exact) mass is 446 g/mol. The summed E-state index contributed by atoms with van der Waals surface area (Å²) in [5.41, 5.74) is 6.52. The lowest BCUT2D eigenvalue weighted by atomic mass is 9.96. The molecular formula is C22H30N4O4S. The summed E-state index contributed by atoms with van der Waals surface area (Å²) in [5.74, 6) is -0.792. The molecule has 3 rings (SSSR count). The van der Waals surface area contributed by atoms with E-state index in [-0.39, 0.29) is 35.5 Å². The second kappa shape index (κ2) is 9.65. The number of rotatable bonds is 8. The fourth-order valence-electron chi connectivity index (χ4n) is 4.01. The normalized spacial score (nSPS) is 15.7. The van der Waals surface area contributed by atoms with Crippen molar-refractivity contribution < 1.29 is 18.0 Å². The molecule has 0 spiro atoms. The van der Waals surface area contributed by atoms with Gasteiger partial charge in [-0.25, -0.2) is 8.42 Å². The molecule has 1 aliphatic rings. The van der Waals surface area contributed by atoms with E-state index in [1.165, 1.54) is 21.1 Å². The van der Waals surface area contributed by atoms with Gasteiger partial charge in [0.15, 0.2) is 0 Å². The first-order valence-corrected chi connectivity index (χ1v) is 12.0. The Morgan fingerprint density at radius 2 is 1.81 bits per heavy atom. The van der Waals surface area contributed by atoms with Crippen LogP contribution in [0.4, 0.5) is 0 Å². The Balaban J connectivity index is 1.66. The molecule has 0 bridgehead atoms. The quantitative estimate of drug-likeness (QED) is 0.669. The van der Waals surface area contributed by atoms with Gasteiger partial charge in [-0.1, -0.05) is 37.3 Å². The number of aromatic nitrogens is 1. The molecule has 31 heavy (non-hydrogen) atoms. The molecular weight excluding hydrogens is 416 g/mol. The third-order valence-electron chi connectivity index (χ3n) is 5.69. The maximum absolute atomic E-state index is 13.1. The number of primary amides is 1. The lowest BCUT2D eigenvalue weighted by Crippen LogP contribution is -2.44. The van der Waals surface area contributed by atoms with Crippen molar-refractivity contribution in [1.82, 2.24) is 13.8 Å². The van der Waals surface area contributed by atoms with E-state index in [0.29, 0.717) is 25.9 Å². The van der Waals surface area contributed by atoms with Crippen molar-refractivity contribution in [2.45, 2.75) is 37.6 Å². The molecule has 0 saturated carbocycles. The summed E-state index contributed by atoms with van der Waals surface area (Å²) in [6.07, 6.45) is 3.21. The van der Waals surface area contributed by atoms with E-state index in [1.54, 1.807) is 7.05 Å². The third-order valence-corrected chi connectivity index (χ3v) is 7.56. The fraction of sp³-hybridized carbons (Fsp3) is 0.455. The van der Waals surface area contributed by atoms with Gasteiger partial charge in [-0.3, -0.25) is 9.59 Å². The van der Waals surface area contributed by atoms with Crippen LogP contribution in [0, 0.1) is 5.92 Å². The first-order valence-electron chi connectivity index (χ1n) is 10.5. The second-order valence-corrected chi connectivity index (χ2v) is 9.90. The third kappa shape index (κ3) is 5.16. The molecule has 1 aromatic heterocycles. The number of hydrogen-bond donors (Lipinski definition) is 1. The van der Waals surface area contributed by atoms with E-state index in [2.05, 4.69) is 0 Å². The summed E-state index contributed by atoms with van der Waals surface area (Å²) in [5, 5.41) is 0. The summed E-state index contributed by atoms with van der Waals surface area (Å²) in [6.45, 7) is 3.81. The number of amides is 2. The molecule has 2 aromatic rings. The molecule has 168 valence electrons. The van der Waals surface area contributed by atoms with Gasteiger partial charge in [0.2, 0.25) is 15.9 Å². The molecule has 0 unspecified atom stereocenters. The zero-order valence-electron chi connectivity index (χ0n) is 18.0. The molecule has 0 aliphatic carbocycles. The van der Waals surface area contributed by atoms with Crippen molar-refractivity contribution in [3.63, 3.8) is 0 Å². The standard InChI is InChI=1S/C22H30N4O4S/c1-3-11-25(15-17-7-5-4-6-8-17)22(28)18-9-12-26(13-10-18)31(29,30)19-14-20(21(23)27)24(2)16-19/h4-8,14,16,18H,3,9-13,15H2,1-2H3,(H2,23,27). The summed E-state index contributed by atoms with van der Waals surface area (Å²) >= 11 is 0. The summed E-state index contributed by atoms with van der Waals surface area (Å²) in [7, 11) is -2.16. The highest BCUT2D eigenvalue weighted by Gasteiger charge is 2.34. The Bertz CT molecular complexity index is 1030. The van der Waals surface area contributed by atoms with Crippen molar-refractivity contribution in [2.75, 3.05) is 19.6 Å². The smallest absolute Gasteiger partial charge is 0.265 e. The minimum Gasteiger partial charge on any atom is -0.364 e. The van der Waals surface area contributed by atoms with Crippen LogP contribution in [0.3, 0.4) is 0 Å². The average Bonchev–Trinajstić information content (AvgIpc) is 3.16. The van der Waals surface area contributed by atoms with Gasteiger partial charge in [0.1, 0.15) is 10.6 Å². The number of nitrogens with zero attached hydrogens (tertiary/aromatic N) is 3. The van der Waals surface area contributed by atoms with Gasteiger partial charge >= 0.3 is 0 Å². The molecule has 2 amide bonds. The minimum absolute atomic E-state index is 0.0465. The van der Waals surface area contributed by atoms with Gasteiger partial charge in [-0.05, 0) is 30.9 Å². The number of benzene rings is 1. The second-order valence-electron chi connectivity index (χ2n) is 7.96. The SMILES string of the molecule is CCCN(Cc1ccccc1)C(=O)C1CCN(S(=O)(=O)c2cc(C(N)=O)n(C)c2)CC1. The maximum Gasteiger partial charge on any atom is 0.265 e. The summed E-state index contributed by atoms with van der Waals surface area (Å²) < 4.78 is 28.8. The summed E-state index contributed by atoms with van der Waals surface area (Å²) in [6, 6.07) is 11.2. The van der Waals surface area contributed by atoms with E-state index in [1.807, 2.05) is 42.2 Å². The van der Waals surface area contributed by atoms with E-state index >= 15 is 0 Å². The van der Waals surface area contributed by atoms with Crippen LogP contribution in [-0.2, 0) is 28.4 Å². The van der Waals surface area contributed by atoms with Crippen LogP contribution in [0.25, 0.3) is 0 Å². The number of sulfonamides is 1. The first-order chi connectivity index (χ1) is 14.7. The molecule has 9 heteroatoms. The molecule has 1 aliphatic heterocycles. The number of nitrogens with two attached hydrogens (primary N) is 1. The highest BCUT2D eigenvalue weighted by molar-refractivity contribution is 7.89.